The largest absolute Gasteiger partial charge is 0.249 e. The van der Waals surface area contributed by atoms with Crippen LogP contribution in [0.2, 0.25) is 0 Å². The highest BCUT2D eigenvalue weighted by molar-refractivity contribution is 4.94. The molecule has 1 heterocycles. The standard InChI is InChI=1S/C16H31N3/c1-4-5-6-7-8-9-10-13-19-16(14-17-18-19)12-11-15(2)3/h14-15H,4-13H2,1-3H3. The van der Waals surface area contributed by atoms with E-state index in [0.29, 0.717) is 0 Å². The third-order valence-electron chi connectivity index (χ3n) is 3.65. The van der Waals surface area contributed by atoms with Gasteiger partial charge in [0.15, 0.2) is 0 Å². The Hall–Kier alpha value is -0.860. The van der Waals surface area contributed by atoms with Crippen molar-refractivity contribution in [3.8, 4) is 0 Å². The molecule has 110 valence electrons. The van der Waals surface area contributed by atoms with Crippen LogP contribution in [-0.4, -0.2) is 15.0 Å². The normalized spacial score (nSPS) is 11.4. The van der Waals surface area contributed by atoms with Crippen molar-refractivity contribution in [2.24, 2.45) is 5.92 Å². The molecule has 0 aromatic carbocycles. The van der Waals surface area contributed by atoms with Crippen LogP contribution in [0.25, 0.3) is 0 Å². The molecule has 0 saturated carbocycles. The van der Waals surface area contributed by atoms with Crippen LogP contribution in [0.3, 0.4) is 0 Å². The minimum Gasteiger partial charge on any atom is -0.249 e. The van der Waals surface area contributed by atoms with Crippen LogP contribution < -0.4 is 0 Å². The molecule has 0 unspecified atom stereocenters. The Kier molecular flexibility index (Phi) is 8.52. The summed E-state index contributed by atoms with van der Waals surface area (Å²) in [7, 11) is 0. The molecule has 0 aliphatic rings. The molecule has 1 aromatic rings. The van der Waals surface area contributed by atoms with Gasteiger partial charge in [0.05, 0.1) is 11.9 Å². The summed E-state index contributed by atoms with van der Waals surface area (Å²) in [5.74, 6) is 0.752. The molecule has 0 atom stereocenters. The number of nitrogens with zero attached hydrogens (tertiary/aromatic N) is 3. The predicted octanol–water partition coefficient (Wildman–Crippen LogP) is 4.62. The van der Waals surface area contributed by atoms with E-state index in [1.165, 1.54) is 57.1 Å². The quantitative estimate of drug-likeness (QED) is 0.547. The lowest BCUT2D eigenvalue weighted by Crippen LogP contribution is -2.06. The van der Waals surface area contributed by atoms with Crippen LogP contribution in [0.5, 0.6) is 0 Å². The SMILES string of the molecule is CCCCCCCCCn1nncc1CCC(C)C. The average Bonchev–Trinajstić information content (AvgIpc) is 2.83. The fourth-order valence-electron chi connectivity index (χ4n) is 2.32. The van der Waals surface area contributed by atoms with Gasteiger partial charge in [-0.3, -0.25) is 0 Å². The van der Waals surface area contributed by atoms with Crippen molar-refractivity contribution in [2.45, 2.75) is 85.1 Å². The van der Waals surface area contributed by atoms with Crippen molar-refractivity contribution in [3.05, 3.63) is 11.9 Å². The molecule has 0 saturated heterocycles. The molecule has 19 heavy (non-hydrogen) atoms. The highest BCUT2D eigenvalue weighted by atomic mass is 15.4. The Labute approximate surface area is 118 Å². The van der Waals surface area contributed by atoms with E-state index >= 15 is 0 Å². The first-order valence-corrected chi connectivity index (χ1v) is 8.11. The first kappa shape index (κ1) is 16.2. The molecule has 3 heteroatoms. The molecule has 0 spiro atoms. The molecule has 0 bridgehead atoms. The Morgan fingerprint density at radius 2 is 1.74 bits per heavy atom. The summed E-state index contributed by atoms with van der Waals surface area (Å²) in [6.07, 6.45) is 13.7. The summed E-state index contributed by atoms with van der Waals surface area (Å²) in [5.41, 5.74) is 1.31. The Morgan fingerprint density at radius 1 is 1.05 bits per heavy atom. The van der Waals surface area contributed by atoms with E-state index in [1.54, 1.807) is 0 Å². The van der Waals surface area contributed by atoms with Crippen molar-refractivity contribution in [1.29, 1.82) is 0 Å². The summed E-state index contributed by atoms with van der Waals surface area (Å²) in [6.45, 7) is 7.85. The summed E-state index contributed by atoms with van der Waals surface area (Å²) >= 11 is 0. The number of hydrogen-bond donors (Lipinski definition) is 0. The van der Waals surface area contributed by atoms with E-state index in [0.717, 1.165) is 18.9 Å². The van der Waals surface area contributed by atoms with Crippen molar-refractivity contribution in [1.82, 2.24) is 15.0 Å². The second kappa shape index (κ2) is 9.99. The van der Waals surface area contributed by atoms with Crippen LogP contribution in [0.15, 0.2) is 6.20 Å². The van der Waals surface area contributed by atoms with Crippen molar-refractivity contribution in [2.75, 3.05) is 0 Å². The molecular weight excluding hydrogens is 234 g/mol. The highest BCUT2D eigenvalue weighted by Crippen LogP contribution is 2.10. The lowest BCUT2D eigenvalue weighted by molar-refractivity contribution is 0.488. The average molecular weight is 265 g/mol. The first-order chi connectivity index (χ1) is 9.24. The first-order valence-electron chi connectivity index (χ1n) is 8.11. The van der Waals surface area contributed by atoms with Gasteiger partial charge in [0, 0.05) is 6.54 Å². The molecule has 0 aliphatic heterocycles. The molecule has 0 aliphatic carbocycles. The van der Waals surface area contributed by atoms with Crippen LogP contribution in [0, 0.1) is 5.92 Å². The van der Waals surface area contributed by atoms with Gasteiger partial charge in [0.1, 0.15) is 0 Å². The van der Waals surface area contributed by atoms with Crippen LogP contribution in [0.1, 0.15) is 77.8 Å². The minimum atomic E-state index is 0.752. The van der Waals surface area contributed by atoms with E-state index in [9.17, 15) is 0 Å². The molecule has 1 aromatic heterocycles. The van der Waals surface area contributed by atoms with Gasteiger partial charge in [-0.25, -0.2) is 4.68 Å². The predicted molar refractivity (Wildman–Crippen MR) is 81.2 cm³/mol. The number of aromatic nitrogens is 3. The number of unbranched alkanes of at least 4 members (excludes halogenated alkanes) is 6. The van der Waals surface area contributed by atoms with Gasteiger partial charge in [-0.2, -0.15) is 0 Å². The summed E-state index contributed by atoms with van der Waals surface area (Å²) in [6, 6.07) is 0. The number of aryl methyl sites for hydroxylation is 2. The van der Waals surface area contributed by atoms with Crippen LogP contribution in [-0.2, 0) is 13.0 Å². The van der Waals surface area contributed by atoms with Gasteiger partial charge in [-0.15, -0.1) is 5.10 Å². The summed E-state index contributed by atoms with van der Waals surface area (Å²) in [4.78, 5) is 0. The Balaban J connectivity index is 2.13. The lowest BCUT2D eigenvalue weighted by Gasteiger charge is -2.07. The number of hydrogen-bond acceptors (Lipinski definition) is 2. The molecule has 0 amide bonds. The van der Waals surface area contributed by atoms with Crippen LogP contribution in [0.4, 0.5) is 0 Å². The van der Waals surface area contributed by atoms with Gasteiger partial charge in [-0.05, 0) is 25.2 Å². The zero-order chi connectivity index (χ0) is 13.9. The highest BCUT2D eigenvalue weighted by Gasteiger charge is 2.04. The zero-order valence-electron chi connectivity index (χ0n) is 13.1. The van der Waals surface area contributed by atoms with E-state index < -0.39 is 0 Å². The maximum Gasteiger partial charge on any atom is 0.0725 e. The fraction of sp³-hybridized carbons (Fsp3) is 0.875. The second-order valence-electron chi connectivity index (χ2n) is 6.00. The van der Waals surface area contributed by atoms with Crippen molar-refractivity contribution in [3.63, 3.8) is 0 Å². The van der Waals surface area contributed by atoms with Gasteiger partial charge in [-0.1, -0.05) is 64.5 Å². The Morgan fingerprint density at radius 3 is 2.42 bits per heavy atom. The maximum atomic E-state index is 4.21. The van der Waals surface area contributed by atoms with Gasteiger partial charge in [0.25, 0.3) is 0 Å². The zero-order valence-corrected chi connectivity index (χ0v) is 13.1. The third-order valence-corrected chi connectivity index (χ3v) is 3.65. The van der Waals surface area contributed by atoms with E-state index in [1.807, 2.05) is 6.20 Å². The number of rotatable bonds is 11. The van der Waals surface area contributed by atoms with Crippen molar-refractivity contribution >= 4 is 0 Å². The van der Waals surface area contributed by atoms with Crippen LogP contribution >= 0.6 is 0 Å². The van der Waals surface area contributed by atoms with Gasteiger partial charge < -0.3 is 0 Å². The molecule has 0 fully saturated rings. The van der Waals surface area contributed by atoms with Gasteiger partial charge in [0.2, 0.25) is 0 Å². The molecule has 0 radical (unpaired) electrons. The van der Waals surface area contributed by atoms with Crippen molar-refractivity contribution < 1.29 is 0 Å². The second-order valence-corrected chi connectivity index (χ2v) is 6.00. The Bertz CT molecular complexity index is 318. The topological polar surface area (TPSA) is 30.7 Å². The van der Waals surface area contributed by atoms with E-state index in [4.69, 9.17) is 0 Å². The summed E-state index contributed by atoms with van der Waals surface area (Å²) < 4.78 is 2.11. The van der Waals surface area contributed by atoms with E-state index in [-0.39, 0.29) is 0 Å². The minimum absolute atomic E-state index is 0.752. The van der Waals surface area contributed by atoms with Gasteiger partial charge >= 0.3 is 0 Å². The fourth-order valence-corrected chi connectivity index (χ4v) is 2.32. The smallest absolute Gasteiger partial charge is 0.0725 e. The third kappa shape index (κ3) is 7.34. The molecule has 3 nitrogen and oxygen atoms in total. The molecule has 1 rings (SSSR count). The molecule has 0 N–H and O–H groups in total. The van der Waals surface area contributed by atoms with E-state index in [2.05, 4.69) is 35.8 Å². The monoisotopic (exact) mass is 265 g/mol. The lowest BCUT2D eigenvalue weighted by atomic mass is 10.1. The molecular formula is C16H31N3. The maximum absolute atomic E-state index is 4.21. The summed E-state index contributed by atoms with van der Waals surface area (Å²) in [5, 5.41) is 8.26.